The van der Waals surface area contributed by atoms with Gasteiger partial charge >= 0.3 is 6.36 Å². The van der Waals surface area contributed by atoms with Crippen LogP contribution in [0, 0.1) is 11.3 Å². The minimum absolute atomic E-state index is 0.0522. The molecular weight excluding hydrogens is 389 g/mol. The Hall–Kier alpha value is -4.00. The average Bonchev–Trinajstić information content (AvgIpc) is 3.06. The van der Waals surface area contributed by atoms with Gasteiger partial charge in [0.15, 0.2) is 5.75 Å². The largest absolute Gasteiger partial charge is 0.573 e. The van der Waals surface area contributed by atoms with Gasteiger partial charge in [0.05, 0.1) is 23.5 Å². The molecule has 0 fully saturated rings. The van der Waals surface area contributed by atoms with E-state index in [0.29, 0.717) is 11.1 Å². The Labute approximate surface area is 161 Å². The summed E-state index contributed by atoms with van der Waals surface area (Å²) in [5, 5.41) is 15.3. The zero-order valence-corrected chi connectivity index (χ0v) is 14.5. The number of amides is 1. The first-order valence-electron chi connectivity index (χ1n) is 8.25. The highest BCUT2D eigenvalue weighted by atomic mass is 19.4. The first-order chi connectivity index (χ1) is 13.8. The molecular formula is C19H11F3N4O3. The van der Waals surface area contributed by atoms with Gasteiger partial charge in [-0.3, -0.25) is 9.48 Å². The minimum Gasteiger partial charge on any atom is -0.454 e. The molecule has 0 unspecified atom stereocenters. The molecule has 146 valence electrons. The molecule has 2 aromatic carbocycles. The van der Waals surface area contributed by atoms with E-state index in [-0.39, 0.29) is 29.3 Å². The molecule has 1 aromatic heterocycles. The van der Waals surface area contributed by atoms with Crippen molar-refractivity contribution in [3.05, 3.63) is 54.4 Å². The van der Waals surface area contributed by atoms with Crippen LogP contribution in [0.25, 0.3) is 11.1 Å². The summed E-state index contributed by atoms with van der Waals surface area (Å²) in [6.07, 6.45) is -1.63. The van der Waals surface area contributed by atoms with E-state index in [1.165, 1.54) is 10.7 Å². The molecule has 1 N–H and O–H groups in total. The van der Waals surface area contributed by atoms with Gasteiger partial charge < -0.3 is 14.8 Å². The smallest absolute Gasteiger partial charge is 0.454 e. The Bertz CT molecular complexity index is 1150. The van der Waals surface area contributed by atoms with E-state index in [0.717, 1.165) is 12.1 Å². The molecule has 3 aromatic rings. The van der Waals surface area contributed by atoms with Crippen LogP contribution in [0.3, 0.4) is 0 Å². The lowest BCUT2D eigenvalue weighted by Crippen LogP contribution is -2.17. The number of fused-ring (bicyclic) bond motifs is 2. The molecule has 29 heavy (non-hydrogen) atoms. The summed E-state index contributed by atoms with van der Waals surface area (Å²) in [5.74, 6) is -0.592. The molecule has 1 aliphatic heterocycles. The summed E-state index contributed by atoms with van der Waals surface area (Å²) in [5.41, 5.74) is 1.61. The Morgan fingerprint density at radius 1 is 1.17 bits per heavy atom. The maximum Gasteiger partial charge on any atom is 0.573 e. The van der Waals surface area contributed by atoms with Crippen molar-refractivity contribution in [3.8, 4) is 34.4 Å². The van der Waals surface area contributed by atoms with E-state index in [2.05, 4.69) is 15.2 Å². The second-order valence-electron chi connectivity index (χ2n) is 6.06. The molecule has 7 nitrogen and oxygen atoms in total. The fourth-order valence-corrected chi connectivity index (χ4v) is 2.85. The Balaban J connectivity index is 1.66. The number of nitrogens with one attached hydrogen (secondary N) is 1. The van der Waals surface area contributed by atoms with Crippen molar-refractivity contribution in [1.29, 1.82) is 5.26 Å². The van der Waals surface area contributed by atoms with Crippen molar-refractivity contribution >= 4 is 11.6 Å². The molecule has 2 heterocycles. The summed E-state index contributed by atoms with van der Waals surface area (Å²) < 4.78 is 48.4. The molecule has 0 saturated heterocycles. The van der Waals surface area contributed by atoms with E-state index >= 15 is 0 Å². The third-order valence-corrected chi connectivity index (χ3v) is 4.08. The molecule has 10 heteroatoms. The van der Waals surface area contributed by atoms with Crippen molar-refractivity contribution in [2.45, 2.75) is 12.9 Å². The summed E-state index contributed by atoms with van der Waals surface area (Å²) in [6.45, 7) is 0.0895. The van der Waals surface area contributed by atoms with Crippen molar-refractivity contribution < 1.29 is 27.4 Å². The van der Waals surface area contributed by atoms with Crippen LogP contribution in [0.5, 0.6) is 17.2 Å². The van der Waals surface area contributed by atoms with Crippen LogP contribution in [0.4, 0.5) is 18.9 Å². The zero-order chi connectivity index (χ0) is 20.6. The fourth-order valence-electron chi connectivity index (χ4n) is 2.85. The van der Waals surface area contributed by atoms with Crippen molar-refractivity contribution in [1.82, 2.24) is 9.78 Å². The van der Waals surface area contributed by atoms with Gasteiger partial charge in [0.1, 0.15) is 18.0 Å². The number of carbonyl (C=O) groups is 1. The van der Waals surface area contributed by atoms with E-state index in [1.54, 1.807) is 30.6 Å². The second kappa shape index (κ2) is 6.87. The van der Waals surface area contributed by atoms with Gasteiger partial charge in [0.2, 0.25) is 0 Å². The van der Waals surface area contributed by atoms with E-state index in [9.17, 15) is 18.0 Å². The number of aromatic nitrogens is 2. The van der Waals surface area contributed by atoms with Crippen LogP contribution >= 0.6 is 0 Å². The predicted octanol–water partition coefficient (Wildman–Crippen LogP) is 4.33. The van der Waals surface area contributed by atoms with Crippen LogP contribution in [-0.2, 0) is 6.54 Å². The molecule has 0 saturated carbocycles. The number of rotatable bonds is 3. The van der Waals surface area contributed by atoms with Gasteiger partial charge in [0.25, 0.3) is 5.91 Å². The van der Waals surface area contributed by atoms with Gasteiger partial charge in [-0.1, -0.05) is 6.07 Å². The number of ether oxygens (including phenoxy) is 2. The topological polar surface area (TPSA) is 89.2 Å². The number of anilines is 1. The second-order valence-corrected chi connectivity index (χ2v) is 6.06. The maximum atomic E-state index is 12.6. The highest BCUT2D eigenvalue weighted by Crippen LogP contribution is 2.39. The number of alkyl halides is 3. The molecule has 1 aliphatic rings. The molecule has 0 atom stereocenters. The third-order valence-electron chi connectivity index (χ3n) is 4.08. The molecule has 4 rings (SSSR count). The molecule has 0 radical (unpaired) electrons. The van der Waals surface area contributed by atoms with E-state index in [4.69, 9.17) is 10.00 Å². The Kier molecular flexibility index (Phi) is 4.35. The maximum absolute atomic E-state index is 12.6. The number of hydrogen-bond donors (Lipinski definition) is 1. The fraction of sp³-hybridized carbons (Fsp3) is 0.105. The van der Waals surface area contributed by atoms with Crippen LogP contribution in [0.15, 0.2) is 48.8 Å². The highest BCUT2D eigenvalue weighted by Gasteiger charge is 2.32. The molecule has 0 bridgehead atoms. The Morgan fingerprint density at radius 3 is 2.72 bits per heavy atom. The van der Waals surface area contributed by atoms with Crippen molar-refractivity contribution in [2.24, 2.45) is 0 Å². The van der Waals surface area contributed by atoms with Crippen LogP contribution < -0.4 is 14.8 Å². The van der Waals surface area contributed by atoms with Crippen molar-refractivity contribution in [3.63, 3.8) is 0 Å². The van der Waals surface area contributed by atoms with Gasteiger partial charge in [0, 0.05) is 17.8 Å². The first-order valence-corrected chi connectivity index (χ1v) is 8.25. The monoisotopic (exact) mass is 400 g/mol. The summed E-state index contributed by atoms with van der Waals surface area (Å²) in [6, 6.07) is 10.3. The average molecular weight is 400 g/mol. The first kappa shape index (κ1) is 18.4. The van der Waals surface area contributed by atoms with E-state index in [1.807, 2.05) is 6.07 Å². The number of halogens is 3. The molecule has 0 aliphatic carbocycles. The van der Waals surface area contributed by atoms with Gasteiger partial charge in [-0.2, -0.15) is 10.4 Å². The quantitative estimate of drug-likeness (QED) is 0.707. The summed E-state index contributed by atoms with van der Waals surface area (Å²) in [7, 11) is 0. The summed E-state index contributed by atoms with van der Waals surface area (Å²) >= 11 is 0. The number of carbonyl (C=O) groups excluding carboxylic acids is 1. The zero-order valence-electron chi connectivity index (χ0n) is 14.5. The number of nitrogens with zero attached hydrogens (tertiary/aromatic N) is 3. The number of nitriles is 1. The third kappa shape index (κ3) is 3.84. The lowest BCUT2D eigenvalue weighted by atomic mass is 10.0. The lowest BCUT2D eigenvalue weighted by Gasteiger charge is -2.12. The highest BCUT2D eigenvalue weighted by molar-refractivity contribution is 6.08. The van der Waals surface area contributed by atoms with E-state index < -0.39 is 18.0 Å². The van der Waals surface area contributed by atoms with Gasteiger partial charge in [-0.15, -0.1) is 13.2 Å². The standard InChI is InChI=1S/C19H11F3N4O3/c20-19(21,22)29-13-2-4-17-15(8-13)25-18(27)14-7-11(1-3-16(14)28-17)12-9-24-26(10-12)6-5-23/h1-4,7-10H,6H2,(H,25,27). The molecule has 0 spiro atoms. The van der Waals surface area contributed by atoms with Crippen LogP contribution in [0.2, 0.25) is 0 Å². The lowest BCUT2D eigenvalue weighted by molar-refractivity contribution is -0.274. The van der Waals surface area contributed by atoms with Gasteiger partial charge in [-0.05, 0) is 29.8 Å². The summed E-state index contributed by atoms with van der Waals surface area (Å²) in [4.78, 5) is 12.6. The normalized spacial score (nSPS) is 12.7. The number of hydrogen-bond acceptors (Lipinski definition) is 5. The molecule has 1 amide bonds. The van der Waals surface area contributed by atoms with Crippen LogP contribution in [-0.4, -0.2) is 22.1 Å². The predicted molar refractivity (Wildman–Crippen MR) is 94.4 cm³/mol. The minimum atomic E-state index is -4.85. The number of benzene rings is 2. The van der Waals surface area contributed by atoms with Crippen molar-refractivity contribution in [2.75, 3.05) is 5.32 Å². The van der Waals surface area contributed by atoms with Crippen LogP contribution in [0.1, 0.15) is 10.4 Å². The SMILES string of the molecule is N#CCn1cc(-c2ccc3c(c2)C(=O)Nc2cc(OC(F)(F)F)ccc2O3)cn1. The van der Waals surface area contributed by atoms with Gasteiger partial charge in [-0.25, -0.2) is 0 Å². The Morgan fingerprint density at radius 2 is 1.97 bits per heavy atom.